The molecule has 2 N–H and O–H groups in total. The Labute approximate surface area is 105 Å². The summed E-state index contributed by atoms with van der Waals surface area (Å²) in [5, 5.41) is 2.18. The maximum absolute atomic E-state index is 5.74. The fraction of sp³-hybridized carbons (Fsp3) is 0.308. The molecule has 1 aliphatic heterocycles. The van der Waals surface area contributed by atoms with E-state index >= 15 is 0 Å². The van der Waals surface area contributed by atoms with E-state index < -0.39 is 0 Å². The summed E-state index contributed by atoms with van der Waals surface area (Å²) >= 11 is 1.86. The van der Waals surface area contributed by atoms with Gasteiger partial charge in [0.05, 0.1) is 11.9 Å². The van der Waals surface area contributed by atoms with Crippen LogP contribution in [0.2, 0.25) is 0 Å². The van der Waals surface area contributed by atoms with Gasteiger partial charge in [0.15, 0.2) is 0 Å². The highest BCUT2D eigenvalue weighted by atomic mass is 32.1. The highest BCUT2D eigenvalue weighted by Crippen LogP contribution is 2.28. The van der Waals surface area contributed by atoms with Gasteiger partial charge in [0.1, 0.15) is 5.82 Å². The minimum Gasteiger partial charge on any atom is -0.397 e. The maximum atomic E-state index is 5.74. The lowest BCUT2D eigenvalue weighted by Crippen LogP contribution is -2.30. The van der Waals surface area contributed by atoms with Crippen LogP contribution < -0.4 is 10.6 Å². The number of anilines is 2. The minimum absolute atomic E-state index is 0.736. The summed E-state index contributed by atoms with van der Waals surface area (Å²) in [6.45, 7) is 4.09. The van der Waals surface area contributed by atoms with Crippen molar-refractivity contribution >= 4 is 22.8 Å². The summed E-state index contributed by atoms with van der Waals surface area (Å²) < 4.78 is 0. The Morgan fingerprint density at radius 2 is 2.35 bits per heavy atom. The van der Waals surface area contributed by atoms with Crippen LogP contribution in [0.1, 0.15) is 16.0 Å². The van der Waals surface area contributed by atoms with Crippen molar-refractivity contribution in [1.29, 1.82) is 0 Å². The van der Waals surface area contributed by atoms with Crippen molar-refractivity contribution in [2.75, 3.05) is 17.2 Å². The smallest absolute Gasteiger partial charge is 0.131 e. The van der Waals surface area contributed by atoms with E-state index in [0.717, 1.165) is 36.6 Å². The summed E-state index contributed by atoms with van der Waals surface area (Å²) in [6.07, 6.45) is 2.87. The monoisotopic (exact) mass is 245 g/mol. The first-order chi connectivity index (χ1) is 8.24. The lowest BCUT2D eigenvalue weighted by Gasteiger charge is -2.29. The van der Waals surface area contributed by atoms with Gasteiger partial charge in [-0.25, -0.2) is 4.98 Å². The van der Waals surface area contributed by atoms with Gasteiger partial charge in [0.25, 0.3) is 0 Å². The molecule has 0 fully saturated rings. The number of aromatic nitrogens is 1. The lowest BCUT2D eigenvalue weighted by molar-refractivity contribution is 0.729. The summed E-state index contributed by atoms with van der Waals surface area (Å²) in [4.78, 5) is 8.32. The molecule has 0 atom stereocenters. The number of hydrogen-bond donors (Lipinski definition) is 1. The lowest BCUT2D eigenvalue weighted by atomic mass is 10.1. The van der Waals surface area contributed by atoms with Gasteiger partial charge >= 0.3 is 0 Å². The van der Waals surface area contributed by atoms with Gasteiger partial charge in [-0.1, -0.05) is 0 Å². The molecule has 0 amide bonds. The molecule has 0 aromatic carbocycles. The van der Waals surface area contributed by atoms with Gasteiger partial charge in [0, 0.05) is 18.0 Å². The zero-order valence-corrected chi connectivity index (χ0v) is 10.6. The van der Waals surface area contributed by atoms with Gasteiger partial charge in [0.2, 0.25) is 0 Å². The van der Waals surface area contributed by atoms with Crippen LogP contribution in [0, 0.1) is 6.92 Å². The number of fused-ring (bicyclic) bond motifs is 1. The van der Waals surface area contributed by atoms with E-state index in [-0.39, 0.29) is 0 Å². The second-order valence-corrected chi connectivity index (χ2v) is 5.45. The number of nitrogen functional groups attached to an aromatic ring is 1. The number of nitrogens with two attached hydrogens (primary N) is 1. The molecule has 0 bridgehead atoms. The molecule has 0 saturated carbocycles. The Morgan fingerprint density at radius 1 is 1.47 bits per heavy atom. The Kier molecular flexibility index (Phi) is 2.52. The molecule has 1 aliphatic rings. The molecule has 0 spiro atoms. The fourth-order valence-electron chi connectivity index (χ4n) is 2.35. The highest BCUT2D eigenvalue weighted by molar-refractivity contribution is 7.10. The van der Waals surface area contributed by atoms with Gasteiger partial charge in [-0.2, -0.15) is 0 Å². The third kappa shape index (κ3) is 1.89. The summed E-state index contributed by atoms with van der Waals surface area (Å²) in [5.41, 5.74) is 9.07. The largest absolute Gasteiger partial charge is 0.397 e. The molecule has 3 nitrogen and oxygen atoms in total. The minimum atomic E-state index is 0.736. The number of thiophene rings is 1. The molecule has 3 rings (SSSR count). The van der Waals surface area contributed by atoms with Crippen molar-refractivity contribution in [2.45, 2.75) is 19.9 Å². The quantitative estimate of drug-likeness (QED) is 0.839. The van der Waals surface area contributed by atoms with E-state index in [1.54, 1.807) is 6.20 Å². The number of rotatable bonds is 1. The first kappa shape index (κ1) is 10.6. The predicted octanol–water partition coefficient (Wildman–Crippen LogP) is 2.60. The van der Waals surface area contributed by atoms with Crippen LogP contribution in [0.5, 0.6) is 0 Å². The topological polar surface area (TPSA) is 42.1 Å². The molecule has 4 heteroatoms. The average Bonchev–Trinajstić information content (AvgIpc) is 2.75. The Balaban J connectivity index is 1.91. The number of hydrogen-bond acceptors (Lipinski definition) is 4. The molecule has 2 aromatic heterocycles. The SMILES string of the molecule is Cc1cc(N)cnc1N1CCc2sccc2C1. The van der Waals surface area contributed by atoms with Crippen molar-refractivity contribution in [1.82, 2.24) is 4.98 Å². The molecule has 2 aromatic rings. The number of nitrogens with zero attached hydrogens (tertiary/aromatic N) is 2. The van der Waals surface area contributed by atoms with E-state index in [0.29, 0.717) is 0 Å². The van der Waals surface area contributed by atoms with Crippen LogP contribution in [-0.4, -0.2) is 11.5 Å². The number of pyridine rings is 1. The van der Waals surface area contributed by atoms with Crippen LogP contribution in [0.3, 0.4) is 0 Å². The Bertz CT molecular complexity index is 547. The summed E-state index contributed by atoms with van der Waals surface area (Å²) in [7, 11) is 0. The summed E-state index contributed by atoms with van der Waals surface area (Å²) in [5.74, 6) is 1.07. The van der Waals surface area contributed by atoms with Crippen molar-refractivity contribution < 1.29 is 0 Å². The standard InChI is InChI=1S/C13H15N3S/c1-9-6-11(14)7-15-13(9)16-4-2-12-10(8-16)3-5-17-12/h3,5-7H,2,4,8,14H2,1H3. The van der Waals surface area contributed by atoms with E-state index in [1.807, 2.05) is 17.4 Å². The first-order valence-corrected chi connectivity index (χ1v) is 6.64. The normalized spacial score (nSPS) is 14.8. The molecule has 0 saturated heterocycles. The van der Waals surface area contributed by atoms with Gasteiger partial charge in [-0.15, -0.1) is 11.3 Å². The van der Waals surface area contributed by atoms with Crippen molar-refractivity contribution in [2.24, 2.45) is 0 Å². The van der Waals surface area contributed by atoms with Crippen molar-refractivity contribution in [3.8, 4) is 0 Å². The van der Waals surface area contributed by atoms with E-state index in [4.69, 9.17) is 5.73 Å². The van der Waals surface area contributed by atoms with Gasteiger partial charge in [-0.3, -0.25) is 0 Å². The fourth-order valence-corrected chi connectivity index (χ4v) is 3.24. The molecular formula is C13H15N3S. The van der Waals surface area contributed by atoms with E-state index in [1.165, 1.54) is 10.4 Å². The van der Waals surface area contributed by atoms with Crippen LogP contribution in [0.15, 0.2) is 23.7 Å². The maximum Gasteiger partial charge on any atom is 0.131 e. The Hall–Kier alpha value is -1.55. The molecule has 3 heterocycles. The second-order valence-electron chi connectivity index (χ2n) is 4.45. The van der Waals surface area contributed by atoms with Crippen molar-refractivity contribution in [3.63, 3.8) is 0 Å². The zero-order valence-electron chi connectivity index (χ0n) is 9.81. The van der Waals surface area contributed by atoms with Gasteiger partial charge < -0.3 is 10.6 Å². The molecule has 0 aliphatic carbocycles. The third-order valence-corrected chi connectivity index (χ3v) is 4.20. The summed E-state index contributed by atoms with van der Waals surface area (Å²) in [6, 6.07) is 4.21. The molecule has 88 valence electrons. The molecule has 0 radical (unpaired) electrons. The van der Waals surface area contributed by atoms with Crippen LogP contribution in [0.4, 0.5) is 11.5 Å². The molecule has 17 heavy (non-hydrogen) atoms. The van der Waals surface area contributed by atoms with Crippen LogP contribution in [0.25, 0.3) is 0 Å². The second kappa shape index (κ2) is 4.04. The van der Waals surface area contributed by atoms with Crippen LogP contribution >= 0.6 is 11.3 Å². The highest BCUT2D eigenvalue weighted by Gasteiger charge is 2.19. The van der Waals surface area contributed by atoms with Crippen LogP contribution in [-0.2, 0) is 13.0 Å². The molecular weight excluding hydrogens is 230 g/mol. The predicted molar refractivity (Wildman–Crippen MR) is 72.5 cm³/mol. The average molecular weight is 245 g/mol. The first-order valence-electron chi connectivity index (χ1n) is 5.76. The van der Waals surface area contributed by atoms with Gasteiger partial charge in [-0.05, 0) is 42.0 Å². The zero-order chi connectivity index (χ0) is 11.8. The van der Waals surface area contributed by atoms with E-state index in [9.17, 15) is 0 Å². The molecule has 0 unspecified atom stereocenters. The number of aryl methyl sites for hydroxylation is 1. The van der Waals surface area contributed by atoms with E-state index in [2.05, 4.69) is 28.3 Å². The third-order valence-electron chi connectivity index (χ3n) is 3.18. The van der Waals surface area contributed by atoms with Crippen molar-refractivity contribution in [3.05, 3.63) is 39.7 Å². The Morgan fingerprint density at radius 3 is 3.18 bits per heavy atom.